The van der Waals surface area contributed by atoms with Gasteiger partial charge in [-0.3, -0.25) is 4.79 Å². The molecule has 1 unspecified atom stereocenters. The Bertz CT molecular complexity index is 685. The third-order valence-electron chi connectivity index (χ3n) is 3.41. The van der Waals surface area contributed by atoms with E-state index in [1.165, 1.54) is 6.92 Å². The number of carbonyl (C=O) groups excluding carboxylic acids is 1. The van der Waals surface area contributed by atoms with E-state index in [4.69, 9.17) is 27.9 Å². The van der Waals surface area contributed by atoms with E-state index in [9.17, 15) is 13.6 Å². The van der Waals surface area contributed by atoms with Crippen LogP contribution >= 0.6 is 23.2 Å². The molecule has 0 N–H and O–H groups in total. The normalized spacial score (nSPS) is 12.7. The maximum atomic E-state index is 14.4. The van der Waals surface area contributed by atoms with Gasteiger partial charge in [0.2, 0.25) is 0 Å². The molecule has 24 heavy (non-hydrogen) atoms. The van der Waals surface area contributed by atoms with Crippen LogP contribution in [0.5, 0.6) is 0 Å². The van der Waals surface area contributed by atoms with Crippen LogP contribution in [0.1, 0.15) is 30.6 Å². The van der Waals surface area contributed by atoms with Gasteiger partial charge >= 0.3 is 5.97 Å². The lowest BCUT2D eigenvalue weighted by atomic mass is 9.98. The number of benzene rings is 2. The van der Waals surface area contributed by atoms with Gasteiger partial charge in [0.25, 0.3) is 5.92 Å². The molecule has 0 saturated carbocycles. The molecule has 0 amide bonds. The summed E-state index contributed by atoms with van der Waals surface area (Å²) in [6.07, 6.45) is -2.12. The number of hydrogen-bond acceptors (Lipinski definition) is 2. The number of esters is 1. The van der Waals surface area contributed by atoms with Crippen molar-refractivity contribution in [1.29, 1.82) is 0 Å². The van der Waals surface area contributed by atoms with Gasteiger partial charge in [0.05, 0.1) is 6.42 Å². The van der Waals surface area contributed by atoms with Gasteiger partial charge in [0.1, 0.15) is 6.10 Å². The minimum absolute atomic E-state index is 0.460. The Balaban J connectivity index is 2.15. The van der Waals surface area contributed by atoms with Crippen LogP contribution in [0.2, 0.25) is 10.0 Å². The van der Waals surface area contributed by atoms with Crippen LogP contribution in [0.3, 0.4) is 0 Å². The Morgan fingerprint density at radius 2 is 1.54 bits per heavy atom. The van der Waals surface area contributed by atoms with Crippen LogP contribution in [-0.4, -0.2) is 11.9 Å². The summed E-state index contributed by atoms with van der Waals surface area (Å²) in [5.41, 5.74) is 0.937. The molecule has 0 aromatic heterocycles. The molecule has 0 heterocycles. The zero-order chi connectivity index (χ0) is 17.7. The van der Waals surface area contributed by atoms with Gasteiger partial charge in [0.15, 0.2) is 0 Å². The standard InChI is InChI=1S/C18H16Cl2F2O2/c1-12(23)24-17(14-4-8-16(20)9-5-14)11-18(21,22)10-13-2-6-15(19)7-3-13/h2-9,17H,10-11H2,1H3. The first kappa shape index (κ1) is 18.7. The maximum Gasteiger partial charge on any atom is 0.303 e. The van der Waals surface area contributed by atoms with Crippen LogP contribution in [0.25, 0.3) is 0 Å². The van der Waals surface area contributed by atoms with Crippen molar-refractivity contribution in [2.45, 2.75) is 31.8 Å². The zero-order valence-electron chi connectivity index (χ0n) is 12.9. The van der Waals surface area contributed by atoms with Crippen molar-refractivity contribution in [2.24, 2.45) is 0 Å². The fraction of sp³-hybridized carbons (Fsp3) is 0.278. The van der Waals surface area contributed by atoms with E-state index in [2.05, 4.69) is 0 Å². The van der Waals surface area contributed by atoms with Crippen molar-refractivity contribution in [3.8, 4) is 0 Å². The van der Waals surface area contributed by atoms with Gasteiger partial charge < -0.3 is 4.74 Å². The highest BCUT2D eigenvalue weighted by Gasteiger charge is 2.35. The Morgan fingerprint density at radius 1 is 1.04 bits per heavy atom. The SMILES string of the molecule is CC(=O)OC(CC(F)(F)Cc1ccc(Cl)cc1)c1ccc(Cl)cc1. The van der Waals surface area contributed by atoms with E-state index in [1.54, 1.807) is 48.5 Å². The van der Waals surface area contributed by atoms with E-state index < -0.39 is 30.8 Å². The molecule has 6 heteroatoms. The third kappa shape index (κ3) is 5.77. The number of hydrogen-bond donors (Lipinski definition) is 0. The van der Waals surface area contributed by atoms with Crippen molar-refractivity contribution < 1.29 is 18.3 Å². The van der Waals surface area contributed by atoms with Crippen molar-refractivity contribution in [3.63, 3.8) is 0 Å². The lowest BCUT2D eigenvalue weighted by Crippen LogP contribution is -2.25. The molecule has 0 aliphatic carbocycles. The predicted molar refractivity (Wildman–Crippen MR) is 90.7 cm³/mol. The molecule has 2 aromatic rings. The molecule has 0 bridgehead atoms. The highest BCUT2D eigenvalue weighted by molar-refractivity contribution is 6.30. The second kappa shape index (κ2) is 7.95. The summed E-state index contributed by atoms with van der Waals surface area (Å²) in [5.74, 6) is -3.66. The largest absolute Gasteiger partial charge is 0.457 e. The van der Waals surface area contributed by atoms with Gasteiger partial charge in [-0.15, -0.1) is 0 Å². The average molecular weight is 373 g/mol. The summed E-state index contributed by atoms with van der Waals surface area (Å²) in [4.78, 5) is 11.3. The van der Waals surface area contributed by atoms with Crippen molar-refractivity contribution in [3.05, 3.63) is 69.7 Å². The summed E-state index contributed by atoms with van der Waals surface area (Å²) in [7, 11) is 0. The topological polar surface area (TPSA) is 26.3 Å². The molecule has 0 fully saturated rings. The number of halogens is 4. The lowest BCUT2D eigenvalue weighted by Gasteiger charge is -2.24. The summed E-state index contributed by atoms with van der Waals surface area (Å²) in [6, 6.07) is 12.5. The van der Waals surface area contributed by atoms with Gasteiger partial charge in [-0.1, -0.05) is 47.5 Å². The summed E-state index contributed by atoms with van der Waals surface area (Å²) < 4.78 is 33.9. The number of carbonyl (C=O) groups is 1. The van der Waals surface area contributed by atoms with Crippen molar-refractivity contribution in [2.75, 3.05) is 0 Å². The summed E-state index contributed by atoms with van der Waals surface area (Å²) in [6.45, 7) is 1.19. The van der Waals surface area contributed by atoms with E-state index >= 15 is 0 Å². The predicted octanol–water partition coefficient (Wildman–Crippen LogP) is 5.87. The first-order valence-electron chi connectivity index (χ1n) is 7.30. The molecule has 0 aliphatic heterocycles. The molecule has 2 nitrogen and oxygen atoms in total. The van der Waals surface area contributed by atoms with Gasteiger partial charge in [-0.2, -0.15) is 0 Å². The van der Waals surface area contributed by atoms with Crippen molar-refractivity contribution >= 4 is 29.2 Å². The molecule has 2 rings (SSSR count). The fourth-order valence-electron chi connectivity index (χ4n) is 2.35. The smallest absolute Gasteiger partial charge is 0.303 e. The molecule has 0 spiro atoms. The molecule has 128 valence electrons. The quantitative estimate of drug-likeness (QED) is 0.593. The molecular weight excluding hydrogens is 357 g/mol. The highest BCUT2D eigenvalue weighted by atomic mass is 35.5. The first-order chi connectivity index (χ1) is 11.2. The van der Waals surface area contributed by atoms with E-state index in [-0.39, 0.29) is 0 Å². The summed E-state index contributed by atoms with van der Waals surface area (Å²) >= 11 is 11.6. The summed E-state index contributed by atoms with van der Waals surface area (Å²) in [5, 5.41) is 0.967. The zero-order valence-corrected chi connectivity index (χ0v) is 14.5. The lowest BCUT2D eigenvalue weighted by molar-refractivity contribution is -0.151. The Hall–Kier alpha value is -1.65. The number of ether oxygens (including phenoxy) is 1. The third-order valence-corrected chi connectivity index (χ3v) is 3.91. The Labute approximate surface area is 149 Å². The highest BCUT2D eigenvalue weighted by Crippen LogP contribution is 2.34. The molecule has 0 aliphatic rings. The van der Waals surface area contributed by atoms with Crippen LogP contribution in [-0.2, 0) is 16.0 Å². The van der Waals surface area contributed by atoms with Gasteiger partial charge in [-0.05, 0) is 35.4 Å². The second-order valence-corrected chi connectivity index (χ2v) is 6.39. The minimum Gasteiger partial charge on any atom is -0.457 e. The molecule has 1 atom stereocenters. The van der Waals surface area contributed by atoms with Gasteiger partial charge in [-0.25, -0.2) is 8.78 Å². The van der Waals surface area contributed by atoms with Crippen LogP contribution < -0.4 is 0 Å². The Kier molecular flexibility index (Phi) is 6.19. The Morgan fingerprint density at radius 3 is 2.04 bits per heavy atom. The molecule has 0 saturated heterocycles. The van der Waals surface area contributed by atoms with E-state index in [0.717, 1.165) is 0 Å². The first-order valence-corrected chi connectivity index (χ1v) is 8.06. The monoisotopic (exact) mass is 372 g/mol. The van der Waals surface area contributed by atoms with E-state index in [0.29, 0.717) is 21.2 Å². The molecule has 2 aromatic carbocycles. The van der Waals surface area contributed by atoms with Gasteiger partial charge in [0, 0.05) is 23.4 Å². The fourth-order valence-corrected chi connectivity index (χ4v) is 2.60. The van der Waals surface area contributed by atoms with Crippen LogP contribution in [0.4, 0.5) is 8.78 Å². The molecular formula is C18H16Cl2F2O2. The maximum absolute atomic E-state index is 14.4. The molecule has 0 radical (unpaired) electrons. The second-order valence-electron chi connectivity index (χ2n) is 5.51. The van der Waals surface area contributed by atoms with Crippen LogP contribution in [0, 0.1) is 0 Å². The number of alkyl halides is 2. The van der Waals surface area contributed by atoms with Crippen LogP contribution in [0.15, 0.2) is 48.5 Å². The average Bonchev–Trinajstić information content (AvgIpc) is 2.49. The van der Waals surface area contributed by atoms with E-state index in [1.807, 2.05) is 0 Å². The number of rotatable bonds is 6. The minimum atomic E-state index is -3.05. The van der Waals surface area contributed by atoms with Crippen molar-refractivity contribution in [1.82, 2.24) is 0 Å².